The number of hydrogen-bond donors (Lipinski definition) is 7. The van der Waals surface area contributed by atoms with Crippen LogP contribution < -0.4 is 55.4 Å². The molecule has 8 N–H and O–H groups in total. The van der Waals surface area contributed by atoms with Crippen molar-refractivity contribution in [2.75, 3.05) is 28.4 Å². The van der Waals surface area contributed by atoms with Gasteiger partial charge in [-0.3, -0.25) is 33.6 Å². The Balaban J connectivity index is 1.41. The number of nitrogens with two attached hydrogens (primary N) is 1. The Hall–Kier alpha value is -7.67. The van der Waals surface area contributed by atoms with E-state index in [4.69, 9.17) is 61.8 Å². The molecular formula is C66H80BCl2N5O16Si. The van der Waals surface area contributed by atoms with Crippen molar-refractivity contribution < 1.29 is 76.5 Å². The van der Waals surface area contributed by atoms with Crippen molar-refractivity contribution in [3.8, 4) is 57.1 Å². The van der Waals surface area contributed by atoms with E-state index in [0.717, 1.165) is 0 Å². The second-order valence-corrected chi connectivity index (χ2v) is 30.9. The first-order valence-corrected chi connectivity index (χ1v) is 33.8. The first-order valence-electron chi connectivity index (χ1n) is 30.1. The second-order valence-electron chi connectivity index (χ2n) is 25.3. The average Bonchev–Trinajstić information content (AvgIpc) is 0.857. The summed E-state index contributed by atoms with van der Waals surface area (Å²) in [6.45, 7) is 17.5. The molecule has 0 fully saturated rings. The Kier molecular flexibility index (Phi) is 21.7. The topological polar surface area (TPSA) is 299 Å². The number of amides is 5. The minimum Gasteiger partial charge on any atom is -0.497 e. The number of methoxy groups -OCH3 is 4. The van der Waals surface area contributed by atoms with E-state index in [9.17, 15) is 19.6 Å². The van der Waals surface area contributed by atoms with Gasteiger partial charge in [-0.1, -0.05) is 89.9 Å². The van der Waals surface area contributed by atoms with Crippen LogP contribution in [0.3, 0.4) is 0 Å². The van der Waals surface area contributed by atoms with E-state index in [-0.39, 0.29) is 89.8 Å². The van der Waals surface area contributed by atoms with Gasteiger partial charge in [0.15, 0.2) is 31.4 Å². The Labute approximate surface area is 541 Å². The molecule has 0 unspecified atom stereocenters. The number of benzene rings is 5. The van der Waals surface area contributed by atoms with Gasteiger partial charge in [-0.05, 0) is 119 Å². The summed E-state index contributed by atoms with van der Waals surface area (Å²) in [6, 6.07) is 15.1. The van der Waals surface area contributed by atoms with Crippen molar-refractivity contribution in [2.24, 2.45) is 23.5 Å². The quantitative estimate of drug-likeness (QED) is 0.0509. The van der Waals surface area contributed by atoms with Crippen molar-refractivity contribution in [2.45, 2.75) is 141 Å². The molecule has 0 spiro atoms. The Morgan fingerprint density at radius 2 is 1.35 bits per heavy atom. The van der Waals surface area contributed by atoms with Gasteiger partial charge in [-0.2, -0.15) is 0 Å². The summed E-state index contributed by atoms with van der Waals surface area (Å²) in [5.41, 5.74) is 7.36. The summed E-state index contributed by atoms with van der Waals surface area (Å²) in [5, 5.41) is 33.5. The van der Waals surface area contributed by atoms with Gasteiger partial charge >= 0.3 is 7.12 Å². The number of carbonyl (C=O) groups is 7. The van der Waals surface area contributed by atoms with Crippen LogP contribution in [0.2, 0.25) is 28.2 Å². The first kappa shape index (κ1) is 69.2. The molecular weight excluding hydrogens is 1230 g/mol. The lowest BCUT2D eigenvalue weighted by molar-refractivity contribution is -0.137. The number of primary amides is 1. The van der Waals surface area contributed by atoms with E-state index >= 15 is 24.0 Å². The minimum absolute atomic E-state index is 0.00578. The Morgan fingerprint density at radius 3 is 1.90 bits per heavy atom. The average molecular weight is 1310 g/mol. The van der Waals surface area contributed by atoms with Gasteiger partial charge < -0.3 is 69.9 Å². The predicted molar refractivity (Wildman–Crippen MR) is 345 cm³/mol. The lowest BCUT2D eigenvalue weighted by Crippen LogP contribution is -2.53. The highest BCUT2D eigenvalue weighted by Crippen LogP contribution is 2.50. The fourth-order valence-electron chi connectivity index (χ4n) is 11.6. The highest BCUT2D eigenvalue weighted by atomic mass is 35.5. The lowest BCUT2D eigenvalue weighted by Gasteiger charge is -2.42. The fraction of sp³-hybridized carbons (Fsp3) is 0.439. The molecule has 5 aliphatic rings. The summed E-state index contributed by atoms with van der Waals surface area (Å²) in [6.07, 6.45) is -2.49. The fourth-order valence-corrected chi connectivity index (χ4v) is 13.3. The van der Waals surface area contributed by atoms with E-state index in [2.05, 4.69) is 21.3 Å². The molecule has 486 valence electrons. The van der Waals surface area contributed by atoms with E-state index in [1.807, 2.05) is 54.6 Å². The van der Waals surface area contributed by atoms with Crippen molar-refractivity contribution in [3.63, 3.8) is 0 Å². The zero-order valence-corrected chi connectivity index (χ0v) is 55.8. The summed E-state index contributed by atoms with van der Waals surface area (Å²) in [7, 11) is 0.323. The van der Waals surface area contributed by atoms with Gasteiger partial charge in [0.2, 0.25) is 35.3 Å². The van der Waals surface area contributed by atoms with Gasteiger partial charge in [0.25, 0.3) is 0 Å². The molecule has 10 rings (SSSR count). The predicted octanol–water partition coefficient (Wildman–Crippen LogP) is 10.0. The first-order chi connectivity index (χ1) is 42.9. The zero-order valence-electron chi connectivity index (χ0n) is 53.3. The summed E-state index contributed by atoms with van der Waals surface area (Å²) < 4.78 is 44.0. The van der Waals surface area contributed by atoms with Crippen molar-refractivity contribution >= 4 is 79.7 Å². The summed E-state index contributed by atoms with van der Waals surface area (Å²) in [5.74, 6) is -11.5. The highest BCUT2D eigenvalue weighted by molar-refractivity contribution is 6.74. The third kappa shape index (κ3) is 15.1. The van der Waals surface area contributed by atoms with Crippen LogP contribution in [0.15, 0.2) is 78.9 Å². The van der Waals surface area contributed by atoms with Crippen LogP contribution in [0.25, 0.3) is 11.1 Å². The summed E-state index contributed by atoms with van der Waals surface area (Å²) >= 11 is 14.4. The Morgan fingerprint density at radius 1 is 0.736 bits per heavy atom. The molecule has 91 heavy (non-hydrogen) atoms. The smallest absolute Gasteiger partial charge is 0.480 e. The molecule has 5 aromatic rings. The zero-order chi connectivity index (χ0) is 66.7. The van der Waals surface area contributed by atoms with Crippen LogP contribution in [0.4, 0.5) is 0 Å². The third-order valence-corrected chi connectivity index (χ3v) is 22.7. The number of fused-ring (bicyclic) bond motifs is 15. The molecule has 0 aromatic heterocycles. The van der Waals surface area contributed by atoms with Gasteiger partial charge in [-0.15, -0.1) is 0 Å². The normalized spacial score (nSPS) is 21.6. The maximum atomic E-state index is 16.1. The number of halogens is 2. The third-order valence-electron chi connectivity index (χ3n) is 17.6. The molecule has 5 aromatic carbocycles. The molecule has 5 aliphatic heterocycles. The van der Waals surface area contributed by atoms with Crippen molar-refractivity contribution in [3.05, 3.63) is 117 Å². The van der Waals surface area contributed by atoms with Gasteiger partial charge in [0.1, 0.15) is 46.9 Å². The maximum Gasteiger partial charge on any atom is 0.480 e. The number of hydrogen-bond acceptors (Lipinski definition) is 16. The molecule has 11 bridgehead atoms. The number of nitrogens with one attached hydrogen (secondary N) is 4. The van der Waals surface area contributed by atoms with Crippen LogP contribution >= 0.6 is 23.2 Å². The van der Waals surface area contributed by atoms with Crippen molar-refractivity contribution in [1.82, 2.24) is 21.3 Å². The molecule has 9 atom stereocenters. The standard InChI is InChI=1S/C66H80BCl2N5O16Si/c1-14-34(21-32(2)3)62(78)73-58-46(75)25-39(28-54(70)77)63(79)72-57-38-26-52(60(87-11)53(27-38)89-50-20-17-37(24-45(50)69)59(58)90-91(12,13)66(5,6)7)88-49-19-15-35(23-44(49)68)33(4)56-65(81)74-61(67(82)83)43-29-40(84-8)30-51(86-10)55(43)42-22-36(16-18-48(42)85-9)41(31-47(57)76)64(80)71-56/h15-20,22-24,26-27,29-30,32-34,39,41,56-59,61,82-83H,14,21,25,28,31H2,1-13H3,(H2,70,77)(H,71,80)(H,72,79)(H,73,78)(H,74,81)/t33-,34+,39+,41-,56+,57-,58+,59-,61-/m1/s1. The minimum atomic E-state index is -2.92. The monoisotopic (exact) mass is 1310 g/mol. The lowest BCUT2D eigenvalue weighted by atomic mass is 9.72. The van der Waals surface area contributed by atoms with Gasteiger partial charge in [0, 0.05) is 48.3 Å². The summed E-state index contributed by atoms with van der Waals surface area (Å²) in [4.78, 5) is 106. The Bertz CT molecular complexity index is 3640. The van der Waals surface area contributed by atoms with Crippen LogP contribution in [0.5, 0.6) is 46.0 Å². The van der Waals surface area contributed by atoms with Crippen LogP contribution in [0.1, 0.15) is 138 Å². The second kappa shape index (κ2) is 28.5. The number of ether oxygens (including phenoxy) is 6. The van der Waals surface area contributed by atoms with E-state index in [1.165, 1.54) is 64.8 Å². The molecule has 5 heterocycles. The largest absolute Gasteiger partial charge is 0.497 e. The van der Waals surface area contributed by atoms with Gasteiger partial charge in [0.05, 0.1) is 62.4 Å². The SMILES string of the molecule is CC[C@@H](CC(C)C)C(=O)N[C@H]1C(=O)C[C@@H](CC(N)=O)C(=O)N[C@H]2C(=O)C[C@H]3C(=O)N[C@H](C(=O)N[C@@H](B(O)O)c4cc(OC)cc(OC)c4-c4cc3ccc4OC)[C@H](C)c3ccc(c(Cl)c3)Oc3cc2cc(c3OC)Oc2ccc(cc2Cl)[C@H]1O[Si](C)(C)C(C)(C)C. The molecule has 21 nitrogen and oxygen atoms in total. The van der Waals surface area contributed by atoms with E-state index in [1.54, 1.807) is 49.4 Å². The number of ketones is 2. The molecule has 5 amide bonds. The van der Waals surface area contributed by atoms with E-state index in [0.29, 0.717) is 24.0 Å². The van der Waals surface area contributed by atoms with Crippen LogP contribution in [0, 0.1) is 17.8 Å². The van der Waals surface area contributed by atoms with Crippen LogP contribution in [-0.2, 0) is 38.0 Å². The molecule has 0 radical (unpaired) electrons. The number of rotatable bonds is 14. The number of Topliss-reactive ketones (excluding diaryl/α,β-unsaturated/α-hetero) is 2. The highest BCUT2D eigenvalue weighted by Gasteiger charge is 2.46. The van der Waals surface area contributed by atoms with Crippen molar-refractivity contribution in [1.29, 1.82) is 0 Å². The van der Waals surface area contributed by atoms with Gasteiger partial charge in [-0.25, -0.2) is 0 Å². The van der Waals surface area contributed by atoms with E-state index < -0.39 is 135 Å². The number of carbonyl (C=O) groups excluding carboxylic acids is 7. The molecule has 0 saturated carbocycles. The van der Waals surface area contributed by atoms with Crippen LogP contribution in [-0.4, -0.2) is 107 Å². The molecule has 25 heteroatoms. The maximum absolute atomic E-state index is 16.1. The molecule has 0 aliphatic carbocycles. The molecule has 0 saturated heterocycles.